The zero-order valence-electron chi connectivity index (χ0n) is 16.4. The van der Waals surface area contributed by atoms with E-state index in [0.717, 1.165) is 28.1 Å². The predicted molar refractivity (Wildman–Crippen MR) is 121 cm³/mol. The largest absolute Gasteiger partial charge is 0.497 e. The number of rotatable bonds is 4. The van der Waals surface area contributed by atoms with Gasteiger partial charge in [-0.1, -0.05) is 18.2 Å². The maximum absolute atomic E-state index is 12.4. The van der Waals surface area contributed by atoms with Crippen molar-refractivity contribution in [3.63, 3.8) is 0 Å². The second kappa shape index (κ2) is 8.34. The molecule has 0 aliphatic heterocycles. The number of oxazole rings is 1. The molecular formula is C23H19N3O3S. The van der Waals surface area contributed by atoms with Crippen molar-refractivity contribution in [1.82, 2.24) is 10.3 Å². The van der Waals surface area contributed by atoms with Crippen LogP contribution in [0.4, 0.5) is 5.69 Å². The Labute approximate surface area is 178 Å². The summed E-state index contributed by atoms with van der Waals surface area (Å²) in [5.74, 6) is 0.993. The molecule has 0 aliphatic rings. The maximum atomic E-state index is 12.4. The van der Waals surface area contributed by atoms with Crippen molar-refractivity contribution in [3.8, 4) is 17.2 Å². The van der Waals surface area contributed by atoms with Crippen molar-refractivity contribution < 1.29 is 13.9 Å². The number of carbonyl (C=O) groups excluding carboxylic acids is 1. The number of carbonyl (C=O) groups is 1. The van der Waals surface area contributed by atoms with Crippen LogP contribution in [0, 0.1) is 6.92 Å². The highest BCUT2D eigenvalue weighted by atomic mass is 32.1. The van der Waals surface area contributed by atoms with E-state index < -0.39 is 0 Å². The zero-order valence-corrected chi connectivity index (χ0v) is 17.2. The Morgan fingerprint density at radius 2 is 1.83 bits per heavy atom. The number of hydrogen-bond acceptors (Lipinski definition) is 5. The fourth-order valence-corrected chi connectivity index (χ4v) is 3.22. The van der Waals surface area contributed by atoms with Crippen molar-refractivity contribution in [3.05, 3.63) is 77.9 Å². The molecule has 30 heavy (non-hydrogen) atoms. The Hall–Kier alpha value is -3.71. The Bertz CT molecular complexity index is 1230. The van der Waals surface area contributed by atoms with E-state index in [2.05, 4.69) is 15.6 Å². The highest BCUT2D eigenvalue weighted by Crippen LogP contribution is 2.27. The van der Waals surface area contributed by atoms with Crippen molar-refractivity contribution in [2.24, 2.45) is 0 Å². The van der Waals surface area contributed by atoms with Crippen molar-refractivity contribution in [1.29, 1.82) is 0 Å². The molecule has 0 unspecified atom stereocenters. The van der Waals surface area contributed by atoms with Gasteiger partial charge >= 0.3 is 0 Å². The molecule has 1 aromatic heterocycles. The van der Waals surface area contributed by atoms with Crippen LogP contribution in [0.15, 0.2) is 71.1 Å². The minimum atomic E-state index is -0.246. The van der Waals surface area contributed by atoms with Crippen molar-refractivity contribution in [2.45, 2.75) is 6.92 Å². The Kier molecular flexibility index (Phi) is 5.45. The lowest BCUT2D eigenvalue weighted by atomic mass is 10.1. The number of thiocarbonyl (C=S) groups is 1. The number of aryl methyl sites for hydroxylation is 1. The third-order valence-corrected chi connectivity index (χ3v) is 4.81. The van der Waals surface area contributed by atoms with Crippen LogP contribution < -0.4 is 15.4 Å². The molecule has 1 amide bonds. The van der Waals surface area contributed by atoms with Crippen LogP contribution in [-0.4, -0.2) is 23.1 Å². The predicted octanol–water partition coefficient (Wildman–Crippen LogP) is 4.94. The number of amides is 1. The van der Waals surface area contributed by atoms with E-state index in [1.807, 2.05) is 67.6 Å². The SMILES string of the molecule is COc1ccc2oc(-c3ccc(NC(=S)NC(=O)c4ccccc4C)cc3)nc2c1. The zero-order chi connectivity index (χ0) is 21.1. The minimum absolute atomic E-state index is 0.227. The average molecular weight is 417 g/mol. The number of hydrogen-bond donors (Lipinski definition) is 2. The van der Waals surface area contributed by atoms with Crippen LogP contribution in [-0.2, 0) is 0 Å². The molecule has 0 fully saturated rings. The number of anilines is 1. The van der Waals surface area contributed by atoms with Crippen LogP contribution in [0.25, 0.3) is 22.6 Å². The summed E-state index contributed by atoms with van der Waals surface area (Å²) in [7, 11) is 1.61. The van der Waals surface area contributed by atoms with Gasteiger partial charge in [0.05, 0.1) is 7.11 Å². The minimum Gasteiger partial charge on any atom is -0.497 e. The molecule has 150 valence electrons. The molecule has 0 radical (unpaired) electrons. The number of methoxy groups -OCH3 is 1. The number of benzene rings is 3. The molecule has 0 spiro atoms. The number of nitrogens with one attached hydrogen (secondary N) is 2. The van der Waals surface area contributed by atoms with Gasteiger partial charge in [-0.2, -0.15) is 0 Å². The van der Waals surface area contributed by atoms with Gasteiger partial charge in [-0.15, -0.1) is 0 Å². The molecule has 0 bridgehead atoms. The number of fused-ring (bicyclic) bond motifs is 1. The van der Waals surface area contributed by atoms with E-state index >= 15 is 0 Å². The van der Waals surface area contributed by atoms with E-state index in [0.29, 0.717) is 17.0 Å². The number of nitrogens with zero attached hydrogens (tertiary/aromatic N) is 1. The molecule has 4 rings (SSSR count). The summed E-state index contributed by atoms with van der Waals surface area (Å²) in [6.07, 6.45) is 0. The second-order valence-corrected chi connectivity index (χ2v) is 7.06. The van der Waals surface area contributed by atoms with E-state index in [1.165, 1.54) is 0 Å². The lowest BCUT2D eigenvalue weighted by molar-refractivity contribution is 0.0977. The van der Waals surface area contributed by atoms with E-state index in [4.69, 9.17) is 21.4 Å². The van der Waals surface area contributed by atoms with Crippen molar-refractivity contribution >= 4 is 40.0 Å². The van der Waals surface area contributed by atoms with Crippen LogP contribution >= 0.6 is 12.2 Å². The van der Waals surface area contributed by atoms with Gasteiger partial charge in [0.1, 0.15) is 11.3 Å². The molecular weight excluding hydrogens is 398 g/mol. The van der Waals surface area contributed by atoms with E-state index in [9.17, 15) is 4.79 Å². The lowest BCUT2D eigenvalue weighted by Gasteiger charge is -2.11. The quantitative estimate of drug-likeness (QED) is 0.458. The Balaban J connectivity index is 1.44. The summed E-state index contributed by atoms with van der Waals surface area (Å²) in [5, 5.41) is 5.94. The van der Waals surface area contributed by atoms with Gasteiger partial charge in [0.25, 0.3) is 5.91 Å². The van der Waals surface area contributed by atoms with Gasteiger partial charge in [0.15, 0.2) is 10.7 Å². The van der Waals surface area contributed by atoms with E-state index in [-0.39, 0.29) is 11.0 Å². The summed E-state index contributed by atoms with van der Waals surface area (Å²) >= 11 is 5.26. The smallest absolute Gasteiger partial charge is 0.257 e. The van der Waals surface area contributed by atoms with Gasteiger partial charge in [0, 0.05) is 22.9 Å². The average Bonchev–Trinajstić information content (AvgIpc) is 3.17. The van der Waals surface area contributed by atoms with Gasteiger partial charge in [-0.25, -0.2) is 4.98 Å². The van der Waals surface area contributed by atoms with Gasteiger partial charge in [-0.3, -0.25) is 10.1 Å². The maximum Gasteiger partial charge on any atom is 0.257 e. The normalized spacial score (nSPS) is 10.6. The Morgan fingerprint density at radius 1 is 1.07 bits per heavy atom. The molecule has 1 heterocycles. The molecule has 4 aromatic rings. The highest BCUT2D eigenvalue weighted by Gasteiger charge is 2.11. The molecule has 7 heteroatoms. The lowest BCUT2D eigenvalue weighted by Crippen LogP contribution is -2.34. The molecule has 6 nitrogen and oxygen atoms in total. The van der Waals surface area contributed by atoms with Crippen molar-refractivity contribution in [2.75, 3.05) is 12.4 Å². The Morgan fingerprint density at radius 3 is 2.57 bits per heavy atom. The van der Waals surface area contributed by atoms with Crippen LogP contribution in [0.1, 0.15) is 15.9 Å². The number of aromatic nitrogens is 1. The van der Waals surface area contributed by atoms with Gasteiger partial charge < -0.3 is 14.5 Å². The molecule has 0 saturated heterocycles. The third-order valence-electron chi connectivity index (χ3n) is 4.60. The molecule has 0 aliphatic carbocycles. The second-order valence-electron chi connectivity index (χ2n) is 6.65. The van der Waals surface area contributed by atoms with Crippen LogP contribution in [0.2, 0.25) is 0 Å². The van der Waals surface area contributed by atoms with Gasteiger partial charge in [0.2, 0.25) is 5.89 Å². The first-order valence-electron chi connectivity index (χ1n) is 9.26. The molecule has 3 aromatic carbocycles. The summed E-state index contributed by atoms with van der Waals surface area (Å²) < 4.78 is 11.0. The first kappa shape index (κ1) is 19.6. The fraction of sp³-hybridized carbons (Fsp3) is 0.0870. The van der Waals surface area contributed by atoms with Crippen LogP contribution in [0.3, 0.4) is 0 Å². The highest BCUT2D eigenvalue weighted by molar-refractivity contribution is 7.80. The molecule has 0 atom stereocenters. The third kappa shape index (κ3) is 4.16. The van der Waals surface area contributed by atoms with Crippen LogP contribution in [0.5, 0.6) is 5.75 Å². The first-order chi connectivity index (χ1) is 14.5. The number of ether oxygens (including phenoxy) is 1. The van der Waals surface area contributed by atoms with E-state index in [1.54, 1.807) is 13.2 Å². The standard InChI is InChI=1S/C23H19N3O3S/c1-14-5-3-4-6-18(14)21(27)26-23(30)24-16-9-7-15(8-10-16)22-25-19-13-17(28-2)11-12-20(19)29-22/h3-13H,1-2H3,(H2,24,26,27,30). The summed E-state index contributed by atoms with van der Waals surface area (Å²) in [6.45, 7) is 1.88. The topological polar surface area (TPSA) is 76.4 Å². The fourth-order valence-electron chi connectivity index (χ4n) is 3.01. The molecule has 2 N–H and O–H groups in total. The molecule has 0 saturated carbocycles. The summed E-state index contributed by atoms with van der Waals surface area (Å²) in [4.78, 5) is 16.9. The summed E-state index contributed by atoms with van der Waals surface area (Å²) in [6, 6.07) is 20.3. The van der Waals surface area contributed by atoms with Gasteiger partial charge in [-0.05, 0) is 67.2 Å². The first-order valence-corrected chi connectivity index (χ1v) is 9.67. The monoisotopic (exact) mass is 417 g/mol. The summed E-state index contributed by atoms with van der Waals surface area (Å²) in [5.41, 5.74) is 4.46.